The number of hydrazine groups is 1. The van der Waals surface area contributed by atoms with Gasteiger partial charge in [-0.15, -0.1) is 0 Å². The van der Waals surface area contributed by atoms with Gasteiger partial charge in [0.05, 0.1) is 6.61 Å². The highest BCUT2D eigenvalue weighted by atomic mass is 79.9. The number of nitrogens with one attached hydrogen (secondary N) is 3. The van der Waals surface area contributed by atoms with E-state index in [9.17, 15) is 9.59 Å². The van der Waals surface area contributed by atoms with E-state index in [0.717, 1.165) is 4.47 Å². The smallest absolute Gasteiger partial charge is 0.276 e. The van der Waals surface area contributed by atoms with Gasteiger partial charge in [-0.1, -0.05) is 15.9 Å². The number of ether oxygens (including phenoxy) is 2. The number of carbonyl (C=O) groups excluding carboxylic acids is 2. The van der Waals surface area contributed by atoms with Crippen LogP contribution in [0, 0.1) is 0 Å². The molecule has 0 aliphatic rings. The van der Waals surface area contributed by atoms with Gasteiger partial charge in [0, 0.05) is 10.0 Å². The Morgan fingerprint density at radius 3 is 2.19 bits per heavy atom. The average Bonchev–Trinajstić information content (AvgIpc) is 2.66. The summed E-state index contributed by atoms with van der Waals surface area (Å²) in [5.41, 5.74) is 5.21. The molecule has 0 bridgehead atoms. The van der Waals surface area contributed by atoms with E-state index in [2.05, 4.69) is 32.1 Å². The molecule has 0 spiro atoms. The summed E-state index contributed by atoms with van der Waals surface area (Å²) < 4.78 is 11.5. The van der Waals surface area contributed by atoms with Crippen molar-refractivity contribution in [2.75, 3.05) is 13.2 Å². The first-order valence-electron chi connectivity index (χ1n) is 7.99. The summed E-state index contributed by atoms with van der Waals surface area (Å²) in [4.78, 5) is 23.8. The van der Waals surface area contributed by atoms with Crippen LogP contribution in [0.5, 0.6) is 11.5 Å². The van der Waals surface area contributed by atoms with Gasteiger partial charge in [-0.25, -0.2) is 0 Å². The van der Waals surface area contributed by atoms with E-state index in [1.807, 2.05) is 6.92 Å². The van der Waals surface area contributed by atoms with Crippen LogP contribution >= 0.6 is 28.1 Å². The van der Waals surface area contributed by atoms with Gasteiger partial charge in [-0.3, -0.25) is 25.8 Å². The van der Waals surface area contributed by atoms with Gasteiger partial charge in [0.15, 0.2) is 11.7 Å². The van der Waals surface area contributed by atoms with Crippen LogP contribution in [0.25, 0.3) is 0 Å². The molecular formula is C18H18BrN3O4S. The molecule has 0 heterocycles. The number of carbonyl (C=O) groups is 2. The molecule has 0 aromatic heterocycles. The Hall–Kier alpha value is -2.65. The molecule has 0 saturated carbocycles. The Morgan fingerprint density at radius 2 is 1.56 bits per heavy atom. The van der Waals surface area contributed by atoms with Crippen LogP contribution in [-0.2, 0) is 4.79 Å². The van der Waals surface area contributed by atoms with Crippen LogP contribution in [0.2, 0.25) is 0 Å². The lowest BCUT2D eigenvalue weighted by atomic mass is 10.2. The van der Waals surface area contributed by atoms with Crippen molar-refractivity contribution < 1.29 is 19.1 Å². The van der Waals surface area contributed by atoms with Gasteiger partial charge in [0.1, 0.15) is 11.5 Å². The Bertz CT molecular complexity index is 797. The average molecular weight is 452 g/mol. The quantitative estimate of drug-likeness (QED) is 0.461. The number of halogens is 1. The largest absolute Gasteiger partial charge is 0.494 e. The minimum absolute atomic E-state index is 0.0362. The predicted molar refractivity (Wildman–Crippen MR) is 109 cm³/mol. The fourth-order valence-corrected chi connectivity index (χ4v) is 2.33. The van der Waals surface area contributed by atoms with Gasteiger partial charge in [-0.2, -0.15) is 0 Å². The Morgan fingerprint density at radius 1 is 0.963 bits per heavy atom. The first-order valence-corrected chi connectivity index (χ1v) is 9.19. The summed E-state index contributed by atoms with van der Waals surface area (Å²) in [7, 11) is 0. The summed E-state index contributed by atoms with van der Waals surface area (Å²) in [5, 5.41) is 2.43. The van der Waals surface area contributed by atoms with E-state index in [-0.39, 0.29) is 11.7 Å². The van der Waals surface area contributed by atoms with E-state index in [1.165, 1.54) is 0 Å². The summed E-state index contributed by atoms with van der Waals surface area (Å²) in [5.74, 6) is 0.374. The van der Waals surface area contributed by atoms with Crippen LogP contribution in [0.1, 0.15) is 17.3 Å². The first-order chi connectivity index (χ1) is 13.0. The predicted octanol–water partition coefficient (Wildman–Crippen LogP) is 2.56. The third-order valence-corrected chi connectivity index (χ3v) is 3.89. The molecule has 0 aliphatic carbocycles. The van der Waals surface area contributed by atoms with Crippen LogP contribution in [0.3, 0.4) is 0 Å². The van der Waals surface area contributed by atoms with Crippen LogP contribution in [0.4, 0.5) is 0 Å². The maximum atomic E-state index is 12.1. The highest BCUT2D eigenvalue weighted by Crippen LogP contribution is 2.15. The summed E-state index contributed by atoms with van der Waals surface area (Å²) in [6, 6.07) is 13.7. The number of hydrogen-bond acceptors (Lipinski definition) is 5. The lowest BCUT2D eigenvalue weighted by Crippen LogP contribution is -2.49. The highest BCUT2D eigenvalue weighted by molar-refractivity contribution is 9.10. The number of hydrogen-bond donors (Lipinski definition) is 3. The van der Waals surface area contributed by atoms with Gasteiger partial charge in [0.2, 0.25) is 0 Å². The standard InChI is InChI=1S/C18H18BrN3O4S/c1-2-25-14-7-3-12(4-8-14)17(24)20-18(27)22-21-16(23)11-26-15-9-5-13(19)6-10-15/h3-10H,2,11H2,1H3,(H,21,23)(H2,20,22,24,27). The third-order valence-electron chi connectivity index (χ3n) is 3.15. The molecular weight excluding hydrogens is 434 g/mol. The molecule has 9 heteroatoms. The highest BCUT2D eigenvalue weighted by Gasteiger charge is 2.09. The zero-order valence-corrected chi connectivity index (χ0v) is 16.9. The molecule has 0 radical (unpaired) electrons. The van der Waals surface area contributed by atoms with Crippen molar-refractivity contribution in [3.05, 3.63) is 58.6 Å². The van der Waals surface area contributed by atoms with Crippen molar-refractivity contribution >= 4 is 45.1 Å². The minimum Gasteiger partial charge on any atom is -0.494 e. The fraction of sp³-hybridized carbons (Fsp3) is 0.167. The lowest BCUT2D eigenvalue weighted by molar-refractivity contribution is -0.123. The second kappa shape index (κ2) is 10.5. The molecule has 0 aliphatic heterocycles. The summed E-state index contributed by atoms with van der Waals surface area (Å²) >= 11 is 8.29. The molecule has 27 heavy (non-hydrogen) atoms. The number of amides is 2. The minimum atomic E-state index is -0.449. The van der Waals surface area contributed by atoms with Crippen molar-refractivity contribution in [2.24, 2.45) is 0 Å². The topological polar surface area (TPSA) is 88.7 Å². The van der Waals surface area contributed by atoms with Crippen molar-refractivity contribution in [1.29, 1.82) is 0 Å². The molecule has 0 atom stereocenters. The number of rotatable bonds is 6. The fourth-order valence-electron chi connectivity index (χ4n) is 1.92. The Balaban J connectivity index is 1.72. The number of thiocarbonyl (C=S) groups is 1. The Labute approximate surface area is 170 Å². The Kier molecular flexibility index (Phi) is 8.02. The van der Waals surface area contributed by atoms with Crippen LogP contribution in [-0.4, -0.2) is 30.1 Å². The zero-order chi connectivity index (χ0) is 19.6. The SMILES string of the molecule is CCOc1ccc(C(=O)NC(=S)NNC(=O)COc2ccc(Br)cc2)cc1. The summed E-state index contributed by atoms with van der Waals surface area (Å²) in [6.07, 6.45) is 0. The van der Waals surface area contributed by atoms with E-state index in [1.54, 1.807) is 48.5 Å². The lowest BCUT2D eigenvalue weighted by Gasteiger charge is -2.11. The first kappa shape index (κ1) is 20.7. The maximum Gasteiger partial charge on any atom is 0.276 e. The van der Waals surface area contributed by atoms with Gasteiger partial charge >= 0.3 is 0 Å². The molecule has 2 aromatic rings. The molecule has 3 N–H and O–H groups in total. The molecule has 2 amide bonds. The molecule has 142 valence electrons. The molecule has 0 unspecified atom stereocenters. The molecule has 0 saturated heterocycles. The number of benzene rings is 2. The monoisotopic (exact) mass is 451 g/mol. The summed E-state index contributed by atoms with van der Waals surface area (Å²) in [6.45, 7) is 2.22. The normalized spacial score (nSPS) is 9.85. The van der Waals surface area contributed by atoms with Gasteiger partial charge < -0.3 is 9.47 Å². The molecule has 2 aromatic carbocycles. The van der Waals surface area contributed by atoms with Crippen LogP contribution < -0.4 is 25.6 Å². The van der Waals surface area contributed by atoms with Gasteiger partial charge in [0.25, 0.3) is 11.8 Å². The van der Waals surface area contributed by atoms with Crippen molar-refractivity contribution in [1.82, 2.24) is 16.2 Å². The van der Waals surface area contributed by atoms with E-state index < -0.39 is 11.8 Å². The zero-order valence-electron chi connectivity index (χ0n) is 14.5. The van der Waals surface area contributed by atoms with E-state index in [0.29, 0.717) is 23.7 Å². The van der Waals surface area contributed by atoms with Crippen molar-refractivity contribution in [3.63, 3.8) is 0 Å². The maximum absolute atomic E-state index is 12.1. The van der Waals surface area contributed by atoms with E-state index >= 15 is 0 Å². The van der Waals surface area contributed by atoms with Crippen molar-refractivity contribution in [3.8, 4) is 11.5 Å². The van der Waals surface area contributed by atoms with Crippen LogP contribution in [0.15, 0.2) is 53.0 Å². The molecule has 2 rings (SSSR count). The second-order valence-electron chi connectivity index (χ2n) is 5.16. The molecule has 0 fully saturated rings. The van der Waals surface area contributed by atoms with Crippen molar-refractivity contribution in [2.45, 2.75) is 6.92 Å². The van der Waals surface area contributed by atoms with E-state index in [4.69, 9.17) is 21.7 Å². The molecule has 7 nitrogen and oxygen atoms in total. The third kappa shape index (κ3) is 7.24. The van der Waals surface area contributed by atoms with Gasteiger partial charge in [-0.05, 0) is 67.7 Å². The second-order valence-corrected chi connectivity index (χ2v) is 6.48.